The smallest absolute Gasteiger partial charge is 0.426 e. The van der Waals surface area contributed by atoms with Crippen LogP contribution >= 0.6 is 11.3 Å². The van der Waals surface area contributed by atoms with Crippen LogP contribution in [0.2, 0.25) is 0 Å². The van der Waals surface area contributed by atoms with Gasteiger partial charge in [0.05, 0.1) is 0 Å². The molecule has 0 atom stereocenters. The summed E-state index contributed by atoms with van der Waals surface area (Å²) in [5.41, 5.74) is 2.89. The Morgan fingerprint density at radius 1 is 1.00 bits per heavy atom. The van der Waals surface area contributed by atoms with Gasteiger partial charge in [-0.3, -0.25) is 0 Å². The van der Waals surface area contributed by atoms with Crippen LogP contribution in [0.5, 0.6) is 5.75 Å². The minimum atomic E-state index is -4.47. The first-order valence-electron chi connectivity index (χ1n) is 7.90. The van der Waals surface area contributed by atoms with E-state index in [-0.39, 0.29) is 12.2 Å². The number of aryl methyl sites for hydroxylation is 1. The lowest BCUT2D eigenvalue weighted by Crippen LogP contribution is -2.08. The van der Waals surface area contributed by atoms with Crippen molar-refractivity contribution >= 4 is 11.3 Å². The van der Waals surface area contributed by atoms with Crippen LogP contribution in [0.25, 0.3) is 11.1 Å². The van der Waals surface area contributed by atoms with Crippen LogP contribution in [0.15, 0.2) is 47.8 Å². The second-order valence-corrected chi connectivity index (χ2v) is 6.83. The van der Waals surface area contributed by atoms with E-state index in [0.29, 0.717) is 28.2 Å². The van der Waals surface area contributed by atoms with E-state index in [1.165, 1.54) is 29.6 Å². The Hall–Kier alpha value is -2.34. The second kappa shape index (κ2) is 7.11. The summed E-state index contributed by atoms with van der Waals surface area (Å²) in [5.74, 6) is 0.114. The summed E-state index contributed by atoms with van der Waals surface area (Å²) >= 11 is 0.626. The molecular formula is C20H16F4OS. The minimum absolute atomic E-state index is 0.0648. The minimum Gasteiger partial charge on any atom is -0.489 e. The van der Waals surface area contributed by atoms with Gasteiger partial charge < -0.3 is 4.74 Å². The van der Waals surface area contributed by atoms with Gasteiger partial charge in [-0.05, 0) is 59.7 Å². The maximum atomic E-state index is 13.4. The van der Waals surface area contributed by atoms with Crippen molar-refractivity contribution in [2.45, 2.75) is 26.6 Å². The molecule has 136 valence electrons. The maximum Gasteiger partial charge on any atom is 0.426 e. The Labute approximate surface area is 152 Å². The van der Waals surface area contributed by atoms with Crippen molar-refractivity contribution in [2.75, 3.05) is 0 Å². The van der Waals surface area contributed by atoms with Gasteiger partial charge in [0.2, 0.25) is 0 Å². The molecule has 0 saturated carbocycles. The Morgan fingerprint density at radius 3 is 2.35 bits per heavy atom. The fourth-order valence-electron chi connectivity index (χ4n) is 2.67. The van der Waals surface area contributed by atoms with E-state index in [1.807, 2.05) is 19.9 Å². The van der Waals surface area contributed by atoms with Gasteiger partial charge >= 0.3 is 6.18 Å². The molecule has 0 N–H and O–H groups in total. The molecule has 0 spiro atoms. The molecule has 0 saturated heterocycles. The van der Waals surface area contributed by atoms with Gasteiger partial charge in [0.25, 0.3) is 0 Å². The average Bonchev–Trinajstić information content (AvgIpc) is 3.01. The summed E-state index contributed by atoms with van der Waals surface area (Å²) in [6, 6.07) is 10.9. The first kappa shape index (κ1) is 18.5. The predicted octanol–water partition coefficient (Wildman–Crippen LogP) is 6.77. The number of hydrogen-bond donors (Lipinski definition) is 0. The van der Waals surface area contributed by atoms with Crippen LogP contribution in [0, 0.1) is 19.7 Å². The topological polar surface area (TPSA) is 9.23 Å². The van der Waals surface area contributed by atoms with Crippen molar-refractivity contribution in [3.63, 3.8) is 0 Å². The highest BCUT2D eigenvalue weighted by molar-refractivity contribution is 7.10. The predicted molar refractivity (Wildman–Crippen MR) is 95.0 cm³/mol. The van der Waals surface area contributed by atoms with E-state index >= 15 is 0 Å². The average molecular weight is 380 g/mol. The molecule has 3 rings (SSSR count). The lowest BCUT2D eigenvalue weighted by molar-refractivity contribution is -0.135. The van der Waals surface area contributed by atoms with Gasteiger partial charge in [-0.15, -0.1) is 11.3 Å². The van der Waals surface area contributed by atoms with E-state index in [1.54, 1.807) is 12.1 Å². The third-order valence-corrected chi connectivity index (χ3v) is 5.30. The van der Waals surface area contributed by atoms with E-state index in [4.69, 9.17) is 4.74 Å². The van der Waals surface area contributed by atoms with Crippen LogP contribution < -0.4 is 4.74 Å². The first-order chi connectivity index (χ1) is 12.3. The highest BCUT2D eigenvalue weighted by Gasteiger charge is 2.36. The molecule has 0 radical (unpaired) electrons. The summed E-state index contributed by atoms with van der Waals surface area (Å²) in [6.45, 7) is 3.57. The zero-order valence-corrected chi connectivity index (χ0v) is 15.0. The lowest BCUT2D eigenvalue weighted by atomic mass is 10.0. The summed E-state index contributed by atoms with van der Waals surface area (Å²) in [4.78, 5) is -0.692. The van der Waals surface area contributed by atoms with Gasteiger partial charge in [0.15, 0.2) is 0 Å². The summed E-state index contributed by atoms with van der Waals surface area (Å²) in [5, 5.41) is 1.44. The monoisotopic (exact) mass is 380 g/mol. The van der Waals surface area contributed by atoms with Gasteiger partial charge in [0.1, 0.15) is 23.1 Å². The number of benzene rings is 2. The third-order valence-electron chi connectivity index (χ3n) is 4.23. The SMILES string of the molecule is Cc1cccc(OCc2c(-c3ccc(F)cc3)csc2C(F)(F)F)c1C. The van der Waals surface area contributed by atoms with Crippen molar-refractivity contribution in [2.24, 2.45) is 0 Å². The molecule has 1 nitrogen and oxygen atoms in total. The molecule has 3 aromatic rings. The van der Waals surface area contributed by atoms with Crippen LogP contribution in [-0.2, 0) is 12.8 Å². The molecule has 6 heteroatoms. The molecule has 0 amide bonds. The molecule has 0 aliphatic rings. The first-order valence-corrected chi connectivity index (χ1v) is 8.78. The largest absolute Gasteiger partial charge is 0.489 e. The Morgan fingerprint density at radius 2 is 1.69 bits per heavy atom. The normalized spacial score (nSPS) is 11.6. The van der Waals surface area contributed by atoms with Crippen molar-refractivity contribution in [3.05, 3.63) is 75.2 Å². The molecule has 26 heavy (non-hydrogen) atoms. The molecule has 0 unspecified atom stereocenters. The van der Waals surface area contributed by atoms with Crippen molar-refractivity contribution in [3.8, 4) is 16.9 Å². The number of ether oxygens (including phenoxy) is 1. The van der Waals surface area contributed by atoms with Crippen LogP contribution in [0.3, 0.4) is 0 Å². The number of rotatable bonds is 4. The molecular weight excluding hydrogens is 364 g/mol. The number of alkyl halides is 3. The second-order valence-electron chi connectivity index (χ2n) is 5.95. The van der Waals surface area contributed by atoms with Crippen molar-refractivity contribution in [1.29, 1.82) is 0 Å². The van der Waals surface area contributed by atoms with Crippen molar-refractivity contribution in [1.82, 2.24) is 0 Å². The Bertz CT molecular complexity index is 911. The molecule has 1 heterocycles. The molecule has 0 fully saturated rings. The van der Waals surface area contributed by atoms with Gasteiger partial charge in [0, 0.05) is 5.56 Å². The molecule has 0 aliphatic heterocycles. The van der Waals surface area contributed by atoms with Crippen LogP contribution in [0.4, 0.5) is 17.6 Å². The summed E-state index contributed by atoms with van der Waals surface area (Å²) in [7, 11) is 0. The number of hydrogen-bond acceptors (Lipinski definition) is 2. The molecule has 1 aromatic heterocycles. The van der Waals surface area contributed by atoms with Crippen LogP contribution in [-0.4, -0.2) is 0 Å². The maximum absolute atomic E-state index is 13.4. The van der Waals surface area contributed by atoms with Gasteiger partial charge in [-0.1, -0.05) is 24.3 Å². The fraction of sp³-hybridized carbons (Fsp3) is 0.200. The summed E-state index contributed by atoms with van der Waals surface area (Å²) < 4.78 is 59.1. The quantitative estimate of drug-likeness (QED) is 0.454. The van der Waals surface area contributed by atoms with Crippen molar-refractivity contribution < 1.29 is 22.3 Å². The Kier molecular flexibility index (Phi) is 5.05. The highest BCUT2D eigenvalue weighted by Crippen LogP contribution is 2.42. The zero-order chi connectivity index (χ0) is 18.9. The number of thiophene rings is 1. The van der Waals surface area contributed by atoms with Gasteiger partial charge in [-0.2, -0.15) is 13.2 Å². The fourth-order valence-corrected chi connectivity index (χ4v) is 3.62. The third kappa shape index (κ3) is 3.75. The zero-order valence-electron chi connectivity index (χ0n) is 14.2. The van der Waals surface area contributed by atoms with Gasteiger partial charge in [-0.25, -0.2) is 4.39 Å². The van der Waals surface area contributed by atoms with Crippen LogP contribution in [0.1, 0.15) is 21.6 Å². The highest BCUT2D eigenvalue weighted by atomic mass is 32.1. The molecule has 0 aliphatic carbocycles. The lowest BCUT2D eigenvalue weighted by Gasteiger charge is -2.14. The molecule has 0 bridgehead atoms. The van der Waals surface area contributed by atoms with E-state index in [0.717, 1.165) is 11.1 Å². The van der Waals surface area contributed by atoms with E-state index < -0.39 is 16.9 Å². The molecule has 2 aromatic carbocycles. The summed E-state index contributed by atoms with van der Waals surface area (Å²) in [6.07, 6.45) is -4.47. The van der Waals surface area contributed by atoms with E-state index in [2.05, 4.69) is 0 Å². The number of halogens is 4. The standard InChI is InChI=1S/C20H16F4OS/c1-12-4-3-5-18(13(12)2)25-10-16-17(11-26-19(16)20(22,23)24)14-6-8-15(21)9-7-14/h3-9,11H,10H2,1-2H3. The Balaban J connectivity index is 1.99. The van der Waals surface area contributed by atoms with E-state index in [9.17, 15) is 17.6 Å².